The van der Waals surface area contributed by atoms with Crippen molar-refractivity contribution in [3.8, 4) is 0 Å². The Labute approximate surface area is 88.8 Å². The SMILES string of the molecule is C=CCC(Cc1cc(F)cc(F)c1)NC. The van der Waals surface area contributed by atoms with Gasteiger partial charge in [-0.2, -0.15) is 0 Å². The van der Waals surface area contributed by atoms with Crippen molar-refractivity contribution in [2.75, 3.05) is 7.05 Å². The molecular weight excluding hydrogens is 196 g/mol. The lowest BCUT2D eigenvalue weighted by molar-refractivity contribution is 0.550. The molecular formula is C12H15F2N. The second kappa shape index (κ2) is 5.61. The number of likely N-dealkylation sites (N-methyl/N-ethyl adjacent to an activating group) is 1. The molecule has 1 atom stereocenters. The molecule has 1 aromatic rings. The smallest absolute Gasteiger partial charge is 0.126 e. The molecule has 0 radical (unpaired) electrons. The van der Waals surface area contributed by atoms with Gasteiger partial charge in [-0.25, -0.2) is 8.78 Å². The Balaban J connectivity index is 2.73. The highest BCUT2D eigenvalue weighted by Gasteiger charge is 2.07. The van der Waals surface area contributed by atoms with Crippen LogP contribution in [0.5, 0.6) is 0 Å². The van der Waals surface area contributed by atoms with Crippen molar-refractivity contribution in [1.82, 2.24) is 5.32 Å². The van der Waals surface area contributed by atoms with Crippen LogP contribution in [0.1, 0.15) is 12.0 Å². The summed E-state index contributed by atoms with van der Waals surface area (Å²) in [6.07, 6.45) is 3.16. The van der Waals surface area contributed by atoms with Crippen molar-refractivity contribution in [1.29, 1.82) is 0 Å². The molecule has 0 saturated heterocycles. The lowest BCUT2D eigenvalue weighted by atomic mass is 10.0. The van der Waals surface area contributed by atoms with Crippen molar-refractivity contribution in [3.05, 3.63) is 48.1 Å². The monoisotopic (exact) mass is 211 g/mol. The number of rotatable bonds is 5. The van der Waals surface area contributed by atoms with Crippen LogP contribution in [0, 0.1) is 11.6 Å². The third-order valence-electron chi connectivity index (χ3n) is 2.26. The summed E-state index contributed by atoms with van der Waals surface area (Å²) in [7, 11) is 1.82. The molecule has 0 aromatic heterocycles. The maximum absolute atomic E-state index is 12.9. The Hall–Kier alpha value is -1.22. The summed E-state index contributed by atoms with van der Waals surface area (Å²) >= 11 is 0. The van der Waals surface area contributed by atoms with Gasteiger partial charge in [-0.1, -0.05) is 6.08 Å². The zero-order chi connectivity index (χ0) is 11.3. The Morgan fingerprint density at radius 3 is 2.40 bits per heavy atom. The molecule has 1 rings (SSSR count). The molecule has 1 aromatic carbocycles. The van der Waals surface area contributed by atoms with Crippen molar-refractivity contribution in [3.63, 3.8) is 0 Å². The van der Waals surface area contributed by atoms with Crippen molar-refractivity contribution in [2.24, 2.45) is 0 Å². The van der Waals surface area contributed by atoms with Crippen LogP contribution in [0.4, 0.5) is 8.78 Å². The van der Waals surface area contributed by atoms with Gasteiger partial charge < -0.3 is 5.32 Å². The van der Waals surface area contributed by atoms with E-state index in [0.717, 1.165) is 12.5 Å². The molecule has 3 heteroatoms. The maximum atomic E-state index is 12.9. The van der Waals surface area contributed by atoms with Crippen LogP contribution in [0.25, 0.3) is 0 Å². The molecule has 0 aliphatic heterocycles. The molecule has 0 bridgehead atoms. The molecule has 0 aliphatic rings. The molecule has 0 heterocycles. The van der Waals surface area contributed by atoms with E-state index in [0.29, 0.717) is 12.0 Å². The van der Waals surface area contributed by atoms with E-state index < -0.39 is 11.6 Å². The first kappa shape index (κ1) is 11.9. The molecule has 15 heavy (non-hydrogen) atoms. The summed E-state index contributed by atoms with van der Waals surface area (Å²) in [5.74, 6) is -1.06. The van der Waals surface area contributed by atoms with E-state index in [2.05, 4.69) is 11.9 Å². The molecule has 0 saturated carbocycles. The topological polar surface area (TPSA) is 12.0 Å². The van der Waals surface area contributed by atoms with Crippen LogP contribution < -0.4 is 5.32 Å². The Bertz CT molecular complexity index is 316. The Morgan fingerprint density at radius 1 is 1.33 bits per heavy atom. The predicted molar refractivity (Wildman–Crippen MR) is 57.7 cm³/mol. The second-order valence-electron chi connectivity index (χ2n) is 3.49. The Kier molecular flexibility index (Phi) is 4.43. The molecule has 1 N–H and O–H groups in total. The van der Waals surface area contributed by atoms with Gasteiger partial charge in [0.25, 0.3) is 0 Å². The van der Waals surface area contributed by atoms with Gasteiger partial charge in [0, 0.05) is 12.1 Å². The van der Waals surface area contributed by atoms with Crippen LogP contribution in [-0.4, -0.2) is 13.1 Å². The molecule has 0 fully saturated rings. The molecule has 0 amide bonds. The predicted octanol–water partition coefficient (Wildman–Crippen LogP) is 2.67. The van der Waals surface area contributed by atoms with Gasteiger partial charge in [-0.05, 0) is 37.6 Å². The highest BCUT2D eigenvalue weighted by Crippen LogP contribution is 2.11. The number of hydrogen-bond donors (Lipinski definition) is 1. The minimum atomic E-state index is -0.529. The maximum Gasteiger partial charge on any atom is 0.126 e. The van der Waals surface area contributed by atoms with Gasteiger partial charge in [0.1, 0.15) is 11.6 Å². The summed E-state index contributed by atoms with van der Waals surface area (Å²) in [5, 5.41) is 3.07. The number of nitrogens with one attached hydrogen (secondary N) is 1. The van der Waals surface area contributed by atoms with Crippen molar-refractivity contribution >= 4 is 0 Å². The average Bonchev–Trinajstić information content (AvgIpc) is 2.15. The van der Waals surface area contributed by atoms with Gasteiger partial charge in [0.2, 0.25) is 0 Å². The van der Waals surface area contributed by atoms with E-state index >= 15 is 0 Å². The quantitative estimate of drug-likeness (QED) is 0.738. The number of hydrogen-bond acceptors (Lipinski definition) is 1. The van der Waals surface area contributed by atoms with Crippen molar-refractivity contribution < 1.29 is 8.78 Å². The molecule has 0 spiro atoms. The summed E-state index contributed by atoms with van der Waals surface area (Å²) in [4.78, 5) is 0. The lowest BCUT2D eigenvalue weighted by Crippen LogP contribution is -2.26. The van der Waals surface area contributed by atoms with Gasteiger partial charge in [0.05, 0.1) is 0 Å². The van der Waals surface area contributed by atoms with E-state index in [1.165, 1.54) is 12.1 Å². The van der Waals surface area contributed by atoms with E-state index in [-0.39, 0.29) is 6.04 Å². The molecule has 82 valence electrons. The van der Waals surface area contributed by atoms with Crippen LogP contribution in [0.3, 0.4) is 0 Å². The first-order valence-electron chi connectivity index (χ1n) is 4.89. The summed E-state index contributed by atoms with van der Waals surface area (Å²) in [5.41, 5.74) is 0.661. The fraction of sp³-hybridized carbons (Fsp3) is 0.333. The zero-order valence-corrected chi connectivity index (χ0v) is 8.76. The van der Waals surface area contributed by atoms with Crippen LogP contribution in [0.2, 0.25) is 0 Å². The van der Waals surface area contributed by atoms with Crippen LogP contribution >= 0.6 is 0 Å². The van der Waals surface area contributed by atoms with E-state index in [1.807, 2.05) is 7.05 Å². The highest BCUT2D eigenvalue weighted by atomic mass is 19.1. The first-order valence-corrected chi connectivity index (χ1v) is 4.89. The summed E-state index contributed by atoms with van der Waals surface area (Å²) in [6.45, 7) is 3.64. The molecule has 1 unspecified atom stereocenters. The normalized spacial score (nSPS) is 12.5. The number of halogens is 2. The van der Waals surface area contributed by atoms with Crippen LogP contribution in [-0.2, 0) is 6.42 Å². The fourth-order valence-electron chi connectivity index (χ4n) is 1.52. The fourth-order valence-corrected chi connectivity index (χ4v) is 1.52. The lowest BCUT2D eigenvalue weighted by Gasteiger charge is -2.13. The van der Waals surface area contributed by atoms with Gasteiger partial charge in [-0.3, -0.25) is 0 Å². The first-order chi connectivity index (χ1) is 7.15. The minimum absolute atomic E-state index is 0.170. The van der Waals surface area contributed by atoms with E-state index in [9.17, 15) is 8.78 Å². The van der Waals surface area contributed by atoms with Crippen molar-refractivity contribution in [2.45, 2.75) is 18.9 Å². The van der Waals surface area contributed by atoms with Crippen LogP contribution in [0.15, 0.2) is 30.9 Å². The summed E-state index contributed by atoms with van der Waals surface area (Å²) < 4.78 is 25.8. The van der Waals surface area contributed by atoms with Gasteiger partial charge >= 0.3 is 0 Å². The minimum Gasteiger partial charge on any atom is -0.316 e. The van der Waals surface area contributed by atoms with Gasteiger partial charge in [-0.15, -0.1) is 6.58 Å². The average molecular weight is 211 g/mol. The highest BCUT2D eigenvalue weighted by molar-refractivity contribution is 5.19. The molecule has 1 nitrogen and oxygen atoms in total. The zero-order valence-electron chi connectivity index (χ0n) is 8.76. The molecule has 0 aliphatic carbocycles. The third kappa shape index (κ3) is 3.80. The summed E-state index contributed by atoms with van der Waals surface area (Å²) in [6, 6.07) is 3.77. The van der Waals surface area contributed by atoms with E-state index in [1.54, 1.807) is 6.08 Å². The third-order valence-corrected chi connectivity index (χ3v) is 2.26. The van der Waals surface area contributed by atoms with E-state index in [4.69, 9.17) is 0 Å². The second-order valence-corrected chi connectivity index (χ2v) is 3.49. The largest absolute Gasteiger partial charge is 0.316 e. The Morgan fingerprint density at radius 2 is 1.93 bits per heavy atom. The number of benzene rings is 1. The van der Waals surface area contributed by atoms with Gasteiger partial charge in [0.15, 0.2) is 0 Å². The standard InChI is InChI=1S/C12H15F2N/c1-3-4-12(15-2)7-9-5-10(13)8-11(14)6-9/h3,5-6,8,12,15H,1,4,7H2,2H3.